The van der Waals surface area contributed by atoms with E-state index in [9.17, 15) is 4.79 Å². The Morgan fingerprint density at radius 3 is 2.90 bits per heavy atom. The molecule has 1 saturated carbocycles. The first kappa shape index (κ1) is 14.0. The molecule has 1 heterocycles. The van der Waals surface area contributed by atoms with Crippen LogP contribution in [0.15, 0.2) is 30.5 Å². The summed E-state index contributed by atoms with van der Waals surface area (Å²) >= 11 is 0. The number of hydrogen-bond acceptors (Lipinski definition) is 3. The summed E-state index contributed by atoms with van der Waals surface area (Å²) < 4.78 is 0. The molecule has 1 N–H and O–H groups in total. The minimum Gasteiger partial charge on any atom is -0.481 e. The summed E-state index contributed by atoms with van der Waals surface area (Å²) in [5.41, 5.74) is 3.46. The van der Waals surface area contributed by atoms with Crippen molar-refractivity contribution < 1.29 is 9.90 Å². The van der Waals surface area contributed by atoms with Crippen LogP contribution in [-0.4, -0.2) is 33.5 Å². The Bertz CT molecular complexity index is 665. The van der Waals surface area contributed by atoms with E-state index in [1.54, 1.807) is 0 Å². The number of benzene rings is 1. The van der Waals surface area contributed by atoms with Crippen molar-refractivity contribution in [1.82, 2.24) is 9.88 Å². The molecule has 4 nitrogen and oxygen atoms in total. The quantitative estimate of drug-likeness (QED) is 0.886. The molecule has 0 saturated heterocycles. The molecule has 3 rings (SSSR count). The Balaban J connectivity index is 1.85. The minimum absolute atomic E-state index is 0.202. The summed E-state index contributed by atoms with van der Waals surface area (Å²) in [4.78, 5) is 17.6. The van der Waals surface area contributed by atoms with Crippen LogP contribution in [0.4, 0.5) is 0 Å². The van der Waals surface area contributed by atoms with Crippen LogP contribution < -0.4 is 0 Å². The molecule has 21 heavy (non-hydrogen) atoms. The van der Waals surface area contributed by atoms with E-state index in [0.29, 0.717) is 12.6 Å². The van der Waals surface area contributed by atoms with Gasteiger partial charge in [0.15, 0.2) is 0 Å². The zero-order valence-electron chi connectivity index (χ0n) is 12.2. The highest BCUT2D eigenvalue weighted by Gasteiger charge is 2.29. The second kappa shape index (κ2) is 5.82. The topological polar surface area (TPSA) is 53.4 Å². The largest absolute Gasteiger partial charge is 0.481 e. The number of hydrogen-bond donors (Lipinski definition) is 1. The van der Waals surface area contributed by atoms with Crippen LogP contribution in [0.25, 0.3) is 10.9 Å². The fourth-order valence-corrected chi connectivity index (χ4v) is 2.79. The zero-order chi connectivity index (χ0) is 14.8. The van der Waals surface area contributed by atoms with Crippen molar-refractivity contribution in [2.75, 3.05) is 6.54 Å². The lowest BCUT2D eigenvalue weighted by Crippen LogP contribution is -2.28. The molecule has 0 aliphatic heterocycles. The number of aromatic nitrogens is 1. The van der Waals surface area contributed by atoms with Gasteiger partial charge in [-0.15, -0.1) is 0 Å². The monoisotopic (exact) mass is 284 g/mol. The predicted molar refractivity (Wildman–Crippen MR) is 82.2 cm³/mol. The number of carboxylic acids is 1. The van der Waals surface area contributed by atoms with Gasteiger partial charge in [-0.3, -0.25) is 14.7 Å². The molecule has 1 fully saturated rings. The van der Waals surface area contributed by atoms with E-state index in [1.807, 2.05) is 12.3 Å². The number of carboxylic acid groups (broad SMARTS) is 1. The summed E-state index contributed by atoms with van der Waals surface area (Å²) in [7, 11) is 0. The van der Waals surface area contributed by atoms with Crippen LogP contribution in [0.2, 0.25) is 0 Å². The molecule has 0 radical (unpaired) electrons. The van der Waals surface area contributed by atoms with Crippen molar-refractivity contribution >= 4 is 16.9 Å². The second-order valence-corrected chi connectivity index (χ2v) is 5.79. The number of aryl methyl sites for hydroxylation is 1. The van der Waals surface area contributed by atoms with Crippen LogP contribution in [0.5, 0.6) is 0 Å². The lowest BCUT2D eigenvalue weighted by atomic mass is 10.0. The van der Waals surface area contributed by atoms with Gasteiger partial charge in [0.1, 0.15) is 0 Å². The highest BCUT2D eigenvalue weighted by atomic mass is 16.4. The third kappa shape index (κ3) is 3.22. The average molecular weight is 284 g/mol. The first-order valence-corrected chi connectivity index (χ1v) is 7.44. The van der Waals surface area contributed by atoms with Gasteiger partial charge in [-0.1, -0.05) is 18.2 Å². The Morgan fingerprint density at radius 2 is 2.19 bits per heavy atom. The highest BCUT2D eigenvalue weighted by molar-refractivity contribution is 5.84. The number of aliphatic carboxylic acids is 1. The van der Waals surface area contributed by atoms with Crippen LogP contribution in [-0.2, 0) is 11.3 Å². The van der Waals surface area contributed by atoms with Gasteiger partial charge in [-0.2, -0.15) is 0 Å². The molecule has 0 unspecified atom stereocenters. The third-order valence-corrected chi connectivity index (χ3v) is 4.12. The minimum atomic E-state index is -0.729. The molecule has 1 aliphatic rings. The zero-order valence-corrected chi connectivity index (χ0v) is 12.2. The fraction of sp³-hybridized carbons (Fsp3) is 0.412. The van der Waals surface area contributed by atoms with Gasteiger partial charge in [-0.05, 0) is 37.0 Å². The molecule has 1 aromatic heterocycles. The Morgan fingerprint density at radius 1 is 1.38 bits per heavy atom. The molecule has 0 bridgehead atoms. The van der Waals surface area contributed by atoms with Gasteiger partial charge in [0.05, 0.1) is 11.9 Å². The number of nitrogens with zero attached hydrogens (tertiary/aromatic N) is 2. The first-order valence-electron chi connectivity index (χ1n) is 7.44. The summed E-state index contributed by atoms with van der Waals surface area (Å²) in [6.45, 7) is 3.49. The number of rotatable bonds is 6. The van der Waals surface area contributed by atoms with Gasteiger partial charge in [0, 0.05) is 30.7 Å². The molecular formula is C17H20N2O2. The molecule has 1 aliphatic carbocycles. The lowest BCUT2D eigenvalue weighted by molar-refractivity contribution is -0.137. The maximum absolute atomic E-state index is 10.8. The third-order valence-electron chi connectivity index (χ3n) is 4.12. The van der Waals surface area contributed by atoms with Crippen molar-refractivity contribution in [2.24, 2.45) is 0 Å². The van der Waals surface area contributed by atoms with Gasteiger partial charge < -0.3 is 5.11 Å². The number of carbonyl (C=O) groups is 1. The average Bonchev–Trinajstić information content (AvgIpc) is 3.30. The van der Waals surface area contributed by atoms with E-state index in [0.717, 1.165) is 12.1 Å². The molecule has 2 aromatic rings. The standard InChI is InChI=1S/C17H20N2O2/c1-12-4-5-13(17-15(12)3-2-9-18-17)11-19(14-6-7-14)10-8-16(20)21/h2-5,9,14H,6-8,10-11H2,1H3,(H,20,21). The summed E-state index contributed by atoms with van der Waals surface area (Å²) in [5.74, 6) is -0.729. The van der Waals surface area contributed by atoms with Crippen LogP contribution in [0.3, 0.4) is 0 Å². The van der Waals surface area contributed by atoms with Gasteiger partial charge in [0.25, 0.3) is 0 Å². The van der Waals surface area contributed by atoms with Crippen molar-refractivity contribution in [2.45, 2.75) is 38.8 Å². The van der Waals surface area contributed by atoms with E-state index in [4.69, 9.17) is 5.11 Å². The van der Waals surface area contributed by atoms with Gasteiger partial charge in [0.2, 0.25) is 0 Å². The van der Waals surface area contributed by atoms with Crippen LogP contribution in [0.1, 0.15) is 30.4 Å². The van der Waals surface area contributed by atoms with Crippen molar-refractivity contribution in [3.63, 3.8) is 0 Å². The van der Waals surface area contributed by atoms with Gasteiger partial charge >= 0.3 is 5.97 Å². The normalized spacial score (nSPS) is 14.8. The van der Waals surface area contributed by atoms with Gasteiger partial charge in [-0.25, -0.2) is 0 Å². The fourth-order valence-electron chi connectivity index (χ4n) is 2.79. The maximum Gasteiger partial charge on any atom is 0.304 e. The van der Waals surface area contributed by atoms with Crippen LogP contribution in [0, 0.1) is 6.92 Å². The summed E-state index contributed by atoms with van der Waals surface area (Å²) in [6, 6.07) is 8.86. The number of fused-ring (bicyclic) bond motifs is 1. The second-order valence-electron chi connectivity index (χ2n) is 5.79. The van der Waals surface area contributed by atoms with E-state index in [1.165, 1.54) is 29.4 Å². The Labute approximate surface area is 124 Å². The predicted octanol–water partition coefficient (Wildman–Crippen LogP) is 2.98. The van der Waals surface area contributed by atoms with Crippen LogP contribution >= 0.6 is 0 Å². The molecular weight excluding hydrogens is 264 g/mol. The molecule has 0 spiro atoms. The smallest absolute Gasteiger partial charge is 0.304 e. The summed E-state index contributed by atoms with van der Waals surface area (Å²) in [6.07, 6.45) is 4.38. The maximum atomic E-state index is 10.8. The SMILES string of the molecule is Cc1ccc(CN(CCC(=O)O)C2CC2)c2ncccc12. The van der Waals surface area contributed by atoms with E-state index in [-0.39, 0.29) is 6.42 Å². The Hall–Kier alpha value is -1.94. The summed E-state index contributed by atoms with van der Waals surface area (Å²) in [5, 5.41) is 10.1. The molecule has 110 valence electrons. The molecule has 4 heteroatoms. The molecule has 0 amide bonds. The molecule has 1 aromatic carbocycles. The van der Waals surface area contributed by atoms with E-state index in [2.05, 4.69) is 35.0 Å². The first-order chi connectivity index (χ1) is 10.1. The van der Waals surface area contributed by atoms with E-state index < -0.39 is 5.97 Å². The van der Waals surface area contributed by atoms with Crippen molar-refractivity contribution in [3.8, 4) is 0 Å². The van der Waals surface area contributed by atoms with E-state index >= 15 is 0 Å². The number of pyridine rings is 1. The Kier molecular flexibility index (Phi) is 3.88. The van der Waals surface area contributed by atoms with Crippen molar-refractivity contribution in [3.05, 3.63) is 41.6 Å². The lowest BCUT2D eigenvalue weighted by Gasteiger charge is -2.22. The van der Waals surface area contributed by atoms with Crippen molar-refractivity contribution in [1.29, 1.82) is 0 Å². The highest BCUT2D eigenvalue weighted by Crippen LogP contribution is 2.30. The molecule has 0 atom stereocenters.